The van der Waals surface area contributed by atoms with E-state index in [1.807, 2.05) is 0 Å². The predicted octanol–water partition coefficient (Wildman–Crippen LogP) is 8.37. The molecule has 1 rings (SSSR count). The minimum atomic E-state index is 0.0663. The molecule has 166 valence electrons. The van der Waals surface area contributed by atoms with Gasteiger partial charge in [-0.2, -0.15) is 0 Å². The first-order valence-corrected chi connectivity index (χ1v) is 12.3. The molecule has 1 aromatic carbocycles. The fourth-order valence-corrected chi connectivity index (χ4v) is 3.78. The second kappa shape index (κ2) is 18.5. The first-order valence-electron chi connectivity index (χ1n) is 12.3. The van der Waals surface area contributed by atoms with Gasteiger partial charge < -0.3 is 10.4 Å². The molecule has 0 aliphatic rings. The number of carbonyl (C=O) groups excluding carboxylic acids is 1. The molecule has 1 aromatic rings. The zero-order valence-corrected chi connectivity index (χ0v) is 18.9. The molecule has 0 aliphatic carbocycles. The highest BCUT2D eigenvalue weighted by atomic mass is 16.3. The summed E-state index contributed by atoms with van der Waals surface area (Å²) >= 11 is 0. The van der Waals surface area contributed by atoms with E-state index < -0.39 is 0 Å². The van der Waals surface area contributed by atoms with Gasteiger partial charge in [0.25, 0.3) is 0 Å². The number of benzene rings is 1. The Bertz CT molecular complexity index is 498. The minimum Gasteiger partial charge on any atom is -0.508 e. The molecule has 0 fully saturated rings. The third-order valence-corrected chi connectivity index (χ3v) is 5.66. The largest absolute Gasteiger partial charge is 0.508 e. The first kappa shape index (κ1) is 25.5. The van der Waals surface area contributed by atoms with E-state index >= 15 is 0 Å². The van der Waals surface area contributed by atoms with Crippen molar-refractivity contribution in [3.63, 3.8) is 0 Å². The molecule has 29 heavy (non-hydrogen) atoms. The number of hydrogen-bond donors (Lipinski definition) is 2. The molecule has 0 unspecified atom stereocenters. The Morgan fingerprint density at radius 3 is 1.45 bits per heavy atom. The molecule has 0 saturated heterocycles. The van der Waals surface area contributed by atoms with E-state index in [1.54, 1.807) is 24.3 Å². The van der Waals surface area contributed by atoms with E-state index in [1.165, 1.54) is 96.3 Å². The lowest BCUT2D eigenvalue weighted by Crippen LogP contribution is -2.10. The van der Waals surface area contributed by atoms with Crippen LogP contribution in [0.15, 0.2) is 24.3 Å². The van der Waals surface area contributed by atoms with Gasteiger partial charge in [-0.3, -0.25) is 4.79 Å². The zero-order valence-electron chi connectivity index (χ0n) is 18.9. The summed E-state index contributed by atoms with van der Waals surface area (Å²) in [5.41, 5.74) is 0.750. The number of aromatic hydroxyl groups is 1. The van der Waals surface area contributed by atoms with Crippen molar-refractivity contribution in [1.82, 2.24) is 0 Å². The van der Waals surface area contributed by atoms with Crippen LogP contribution in [0.2, 0.25) is 0 Å². The molecule has 3 nitrogen and oxygen atoms in total. The summed E-state index contributed by atoms with van der Waals surface area (Å²) in [6.07, 6.45) is 23.6. The highest BCUT2D eigenvalue weighted by molar-refractivity contribution is 5.90. The average Bonchev–Trinajstić information content (AvgIpc) is 2.72. The number of amides is 1. The molecule has 0 heterocycles. The fraction of sp³-hybridized carbons (Fsp3) is 0.731. The number of anilines is 1. The van der Waals surface area contributed by atoms with Crippen molar-refractivity contribution in [2.24, 2.45) is 0 Å². The molecule has 2 N–H and O–H groups in total. The lowest BCUT2D eigenvalue weighted by atomic mass is 10.0. The maximum absolute atomic E-state index is 11.9. The van der Waals surface area contributed by atoms with Gasteiger partial charge in [-0.15, -0.1) is 0 Å². The SMILES string of the molecule is CCCCCCCCCCCCCCCCCCCC(=O)Nc1ccc(O)cc1. The van der Waals surface area contributed by atoms with Crippen molar-refractivity contribution in [3.05, 3.63) is 24.3 Å². The van der Waals surface area contributed by atoms with E-state index in [9.17, 15) is 9.90 Å². The summed E-state index contributed by atoms with van der Waals surface area (Å²) in [4.78, 5) is 11.9. The second-order valence-electron chi connectivity index (χ2n) is 8.50. The van der Waals surface area contributed by atoms with Crippen LogP contribution in [0.3, 0.4) is 0 Å². The van der Waals surface area contributed by atoms with Gasteiger partial charge in [0.05, 0.1) is 0 Å². The lowest BCUT2D eigenvalue weighted by Gasteiger charge is -2.05. The van der Waals surface area contributed by atoms with Gasteiger partial charge in [0, 0.05) is 12.1 Å². The molecule has 0 atom stereocenters. The van der Waals surface area contributed by atoms with Crippen LogP contribution in [0.1, 0.15) is 122 Å². The lowest BCUT2D eigenvalue weighted by molar-refractivity contribution is -0.116. The number of phenolic OH excluding ortho intramolecular Hbond substituents is 1. The van der Waals surface area contributed by atoms with Crippen LogP contribution < -0.4 is 5.32 Å². The zero-order chi connectivity index (χ0) is 21.0. The smallest absolute Gasteiger partial charge is 0.224 e. The van der Waals surface area contributed by atoms with Gasteiger partial charge >= 0.3 is 0 Å². The number of nitrogens with one attached hydrogen (secondary N) is 1. The molecular weight excluding hydrogens is 358 g/mol. The maximum atomic E-state index is 11.9. The topological polar surface area (TPSA) is 49.3 Å². The van der Waals surface area contributed by atoms with Gasteiger partial charge in [-0.05, 0) is 30.7 Å². The minimum absolute atomic E-state index is 0.0663. The van der Waals surface area contributed by atoms with E-state index in [0.717, 1.165) is 18.5 Å². The van der Waals surface area contributed by atoms with Crippen LogP contribution in [-0.2, 0) is 4.79 Å². The Kier molecular flexibility index (Phi) is 16.3. The molecule has 3 heteroatoms. The van der Waals surface area contributed by atoms with Gasteiger partial charge in [0.15, 0.2) is 0 Å². The van der Waals surface area contributed by atoms with Crippen LogP contribution in [0, 0.1) is 0 Å². The van der Waals surface area contributed by atoms with E-state index in [4.69, 9.17) is 0 Å². The average molecular weight is 404 g/mol. The summed E-state index contributed by atoms with van der Waals surface area (Å²) in [7, 11) is 0. The monoisotopic (exact) mass is 403 g/mol. The van der Waals surface area contributed by atoms with Crippen molar-refractivity contribution < 1.29 is 9.90 Å². The molecule has 0 radical (unpaired) electrons. The molecule has 1 amide bonds. The standard InChI is InChI=1S/C26H45NO2/c1-2-3-4-5-6-7-8-9-10-11-12-13-14-15-16-17-18-19-26(29)27-24-20-22-25(28)23-21-24/h20-23,28H,2-19H2,1H3,(H,27,29). The van der Waals surface area contributed by atoms with E-state index in [0.29, 0.717) is 6.42 Å². The third-order valence-electron chi connectivity index (χ3n) is 5.66. The van der Waals surface area contributed by atoms with Crippen molar-refractivity contribution in [2.75, 3.05) is 5.32 Å². The first-order chi connectivity index (χ1) is 14.2. The highest BCUT2D eigenvalue weighted by Gasteiger charge is 2.02. The van der Waals surface area contributed by atoms with E-state index in [2.05, 4.69) is 12.2 Å². The number of rotatable bonds is 19. The van der Waals surface area contributed by atoms with Crippen LogP contribution in [0.4, 0.5) is 5.69 Å². The van der Waals surface area contributed by atoms with Gasteiger partial charge in [0.2, 0.25) is 5.91 Å². The summed E-state index contributed by atoms with van der Waals surface area (Å²) in [5, 5.41) is 12.1. The Balaban J connectivity index is 1.77. The predicted molar refractivity (Wildman–Crippen MR) is 126 cm³/mol. The van der Waals surface area contributed by atoms with Crippen molar-refractivity contribution >= 4 is 11.6 Å². The number of phenols is 1. The molecule has 0 bridgehead atoms. The van der Waals surface area contributed by atoms with E-state index in [-0.39, 0.29) is 11.7 Å². The van der Waals surface area contributed by atoms with Crippen LogP contribution in [-0.4, -0.2) is 11.0 Å². The van der Waals surface area contributed by atoms with Crippen LogP contribution >= 0.6 is 0 Å². The quantitative estimate of drug-likeness (QED) is 0.180. The number of hydrogen-bond acceptors (Lipinski definition) is 2. The Morgan fingerprint density at radius 1 is 0.655 bits per heavy atom. The second-order valence-corrected chi connectivity index (χ2v) is 8.50. The van der Waals surface area contributed by atoms with Crippen molar-refractivity contribution in [1.29, 1.82) is 0 Å². The van der Waals surface area contributed by atoms with Crippen molar-refractivity contribution in [2.45, 2.75) is 122 Å². The molecular formula is C26H45NO2. The summed E-state index contributed by atoms with van der Waals surface area (Å²) in [6.45, 7) is 2.28. The van der Waals surface area contributed by atoms with Gasteiger partial charge in [-0.25, -0.2) is 0 Å². The Morgan fingerprint density at radius 2 is 1.03 bits per heavy atom. The maximum Gasteiger partial charge on any atom is 0.224 e. The Hall–Kier alpha value is -1.51. The van der Waals surface area contributed by atoms with Crippen LogP contribution in [0.25, 0.3) is 0 Å². The number of carbonyl (C=O) groups is 1. The fourth-order valence-electron chi connectivity index (χ4n) is 3.78. The summed E-state index contributed by atoms with van der Waals surface area (Å²) in [5.74, 6) is 0.285. The van der Waals surface area contributed by atoms with Gasteiger partial charge in [-0.1, -0.05) is 110 Å². The summed E-state index contributed by atoms with van der Waals surface area (Å²) in [6, 6.07) is 6.63. The number of unbranched alkanes of at least 4 members (excludes halogenated alkanes) is 16. The van der Waals surface area contributed by atoms with Crippen molar-refractivity contribution in [3.8, 4) is 5.75 Å². The normalized spacial score (nSPS) is 10.9. The third kappa shape index (κ3) is 16.0. The van der Waals surface area contributed by atoms with Crippen LogP contribution in [0.5, 0.6) is 5.75 Å². The highest BCUT2D eigenvalue weighted by Crippen LogP contribution is 2.16. The van der Waals surface area contributed by atoms with Gasteiger partial charge in [0.1, 0.15) is 5.75 Å². The summed E-state index contributed by atoms with van der Waals surface area (Å²) < 4.78 is 0. The molecule has 0 aromatic heterocycles. The molecule has 0 saturated carbocycles. The molecule has 0 aliphatic heterocycles. The Labute approximate surface area is 179 Å². The molecule has 0 spiro atoms.